The molecule has 0 aliphatic rings. The number of hydrogen-bond donors (Lipinski definition) is 2. The summed E-state index contributed by atoms with van der Waals surface area (Å²) in [6.07, 6.45) is 0. The van der Waals surface area contributed by atoms with Crippen LogP contribution in [0, 0.1) is 0 Å². The number of aliphatic hydroxyl groups is 1. The number of ether oxygens (including phenoxy) is 2. The molecule has 0 saturated heterocycles. The van der Waals surface area contributed by atoms with Gasteiger partial charge >= 0.3 is 0 Å². The Kier molecular flexibility index (Phi) is 9.26. The molecule has 132 valence electrons. The van der Waals surface area contributed by atoms with Crippen LogP contribution in [-0.4, -0.2) is 25.4 Å². The monoisotopic (exact) mass is 391 g/mol. The van der Waals surface area contributed by atoms with Gasteiger partial charge in [-0.05, 0) is 35.4 Å². The van der Waals surface area contributed by atoms with Crippen LogP contribution in [0.3, 0.4) is 0 Å². The molecule has 0 aliphatic carbocycles. The average molecular weight is 393 g/mol. The van der Waals surface area contributed by atoms with Crippen molar-refractivity contribution < 1.29 is 14.6 Å². The Morgan fingerprint density at radius 2 is 1.79 bits per heavy atom. The van der Waals surface area contributed by atoms with Crippen LogP contribution in [0.2, 0.25) is 10.0 Å². The van der Waals surface area contributed by atoms with Gasteiger partial charge < -0.3 is 19.9 Å². The summed E-state index contributed by atoms with van der Waals surface area (Å²) in [5.74, 6) is 1.09. The maximum atomic E-state index is 8.80. The van der Waals surface area contributed by atoms with Gasteiger partial charge in [-0.15, -0.1) is 12.4 Å². The molecule has 0 bridgehead atoms. The molecule has 0 radical (unpaired) electrons. The molecule has 0 aromatic heterocycles. The standard InChI is InChI=1S/C17H19Cl2NO3.ClH/c1-22-16-9-13(10-20-6-7-21)8-15(19)17(16)23-11-12-2-4-14(18)5-3-12;/h2-5,8-9,20-21H,6-7,10-11H2,1H3;1H. The molecule has 2 N–H and O–H groups in total. The van der Waals surface area contributed by atoms with Crippen LogP contribution in [0.25, 0.3) is 0 Å². The van der Waals surface area contributed by atoms with Gasteiger partial charge in [-0.1, -0.05) is 35.3 Å². The van der Waals surface area contributed by atoms with Gasteiger partial charge in [-0.3, -0.25) is 0 Å². The lowest BCUT2D eigenvalue weighted by molar-refractivity contribution is 0.284. The molecule has 2 rings (SSSR count). The van der Waals surface area contributed by atoms with Crippen molar-refractivity contribution in [3.63, 3.8) is 0 Å². The lowest BCUT2D eigenvalue weighted by atomic mass is 10.2. The first-order chi connectivity index (χ1) is 11.1. The topological polar surface area (TPSA) is 50.7 Å². The first kappa shape index (κ1) is 20.9. The molecule has 0 aliphatic heterocycles. The minimum absolute atomic E-state index is 0. The van der Waals surface area contributed by atoms with E-state index in [9.17, 15) is 0 Å². The molecule has 24 heavy (non-hydrogen) atoms. The Balaban J connectivity index is 0.00000288. The molecule has 0 fully saturated rings. The first-order valence-electron chi connectivity index (χ1n) is 7.19. The number of hydrogen-bond acceptors (Lipinski definition) is 4. The molecular formula is C17H20Cl3NO3. The third-order valence-corrected chi connectivity index (χ3v) is 3.74. The van der Waals surface area contributed by atoms with Crippen LogP contribution in [0.1, 0.15) is 11.1 Å². The second-order valence-electron chi connectivity index (χ2n) is 4.92. The van der Waals surface area contributed by atoms with Crippen LogP contribution in [0.5, 0.6) is 11.5 Å². The summed E-state index contributed by atoms with van der Waals surface area (Å²) < 4.78 is 11.2. The molecule has 0 amide bonds. The molecule has 0 unspecified atom stereocenters. The highest BCUT2D eigenvalue weighted by Crippen LogP contribution is 2.37. The van der Waals surface area contributed by atoms with E-state index in [2.05, 4.69) is 5.32 Å². The Hall–Kier alpha value is -1.17. The highest BCUT2D eigenvalue weighted by atomic mass is 35.5. The van der Waals surface area contributed by atoms with E-state index in [1.165, 1.54) is 0 Å². The van der Waals surface area contributed by atoms with Crippen LogP contribution in [0.4, 0.5) is 0 Å². The van der Waals surface area contributed by atoms with Crippen molar-refractivity contribution in [1.82, 2.24) is 5.32 Å². The zero-order chi connectivity index (χ0) is 16.7. The highest BCUT2D eigenvalue weighted by molar-refractivity contribution is 6.32. The van der Waals surface area contributed by atoms with Gasteiger partial charge in [-0.25, -0.2) is 0 Å². The van der Waals surface area contributed by atoms with Gasteiger partial charge in [-0.2, -0.15) is 0 Å². The summed E-state index contributed by atoms with van der Waals surface area (Å²) in [4.78, 5) is 0. The summed E-state index contributed by atoms with van der Waals surface area (Å²) in [7, 11) is 1.58. The number of benzene rings is 2. The molecule has 0 saturated carbocycles. The molecule has 7 heteroatoms. The Bertz CT molecular complexity index is 636. The van der Waals surface area contributed by atoms with Crippen molar-refractivity contribution in [1.29, 1.82) is 0 Å². The van der Waals surface area contributed by atoms with E-state index >= 15 is 0 Å². The molecule has 2 aromatic carbocycles. The minimum atomic E-state index is 0. The third kappa shape index (κ3) is 6.04. The van der Waals surface area contributed by atoms with Gasteiger partial charge in [0.1, 0.15) is 6.61 Å². The lowest BCUT2D eigenvalue weighted by Crippen LogP contribution is -2.17. The summed E-state index contributed by atoms with van der Waals surface area (Å²) in [6, 6.07) is 11.1. The second-order valence-corrected chi connectivity index (χ2v) is 5.77. The average Bonchev–Trinajstić information content (AvgIpc) is 2.55. The summed E-state index contributed by atoms with van der Waals surface area (Å²) in [5, 5.41) is 13.1. The molecule has 2 aromatic rings. The van der Waals surface area contributed by atoms with E-state index in [1.807, 2.05) is 36.4 Å². The fourth-order valence-electron chi connectivity index (χ4n) is 2.06. The van der Waals surface area contributed by atoms with E-state index in [4.69, 9.17) is 37.8 Å². The maximum absolute atomic E-state index is 8.80. The third-order valence-electron chi connectivity index (χ3n) is 3.20. The zero-order valence-electron chi connectivity index (χ0n) is 13.2. The SMILES string of the molecule is COc1cc(CNCCO)cc(Cl)c1OCc1ccc(Cl)cc1.Cl. The second kappa shape index (κ2) is 10.6. The Labute approximate surface area is 158 Å². The van der Waals surface area contributed by atoms with Gasteiger partial charge in [0.05, 0.1) is 18.7 Å². The highest BCUT2D eigenvalue weighted by Gasteiger charge is 2.12. The number of rotatable bonds is 8. The fraction of sp³-hybridized carbons (Fsp3) is 0.294. The van der Waals surface area contributed by atoms with E-state index < -0.39 is 0 Å². The predicted molar refractivity (Wildman–Crippen MR) is 99.8 cm³/mol. The zero-order valence-corrected chi connectivity index (χ0v) is 15.5. The molecule has 0 spiro atoms. The van der Waals surface area contributed by atoms with Crippen molar-refractivity contribution in [3.8, 4) is 11.5 Å². The van der Waals surface area contributed by atoms with Crippen molar-refractivity contribution in [2.45, 2.75) is 13.2 Å². The van der Waals surface area contributed by atoms with Crippen molar-refractivity contribution >= 4 is 35.6 Å². The fourth-order valence-corrected chi connectivity index (χ4v) is 2.48. The lowest BCUT2D eigenvalue weighted by Gasteiger charge is -2.14. The van der Waals surface area contributed by atoms with Crippen LogP contribution in [-0.2, 0) is 13.2 Å². The first-order valence-corrected chi connectivity index (χ1v) is 7.95. The number of aliphatic hydroxyl groups excluding tert-OH is 1. The smallest absolute Gasteiger partial charge is 0.180 e. The number of methoxy groups -OCH3 is 1. The molecular weight excluding hydrogens is 373 g/mol. The summed E-state index contributed by atoms with van der Waals surface area (Å²) in [6.45, 7) is 1.57. The van der Waals surface area contributed by atoms with Crippen LogP contribution < -0.4 is 14.8 Å². The Morgan fingerprint density at radius 1 is 1.08 bits per heavy atom. The summed E-state index contributed by atoms with van der Waals surface area (Å²) >= 11 is 12.2. The number of halogens is 3. The maximum Gasteiger partial charge on any atom is 0.180 e. The number of nitrogens with one attached hydrogen (secondary N) is 1. The quantitative estimate of drug-likeness (QED) is 0.665. The van der Waals surface area contributed by atoms with E-state index in [0.29, 0.717) is 41.2 Å². The molecule has 4 nitrogen and oxygen atoms in total. The molecule has 0 atom stereocenters. The largest absolute Gasteiger partial charge is 0.493 e. The summed E-state index contributed by atoms with van der Waals surface area (Å²) in [5.41, 5.74) is 1.94. The van der Waals surface area contributed by atoms with E-state index in [1.54, 1.807) is 7.11 Å². The normalized spacial score (nSPS) is 10.2. The van der Waals surface area contributed by atoms with Crippen molar-refractivity contribution in [2.24, 2.45) is 0 Å². The van der Waals surface area contributed by atoms with Crippen LogP contribution in [0.15, 0.2) is 36.4 Å². The predicted octanol–water partition coefficient (Wildman–Crippen LogP) is 4.08. The van der Waals surface area contributed by atoms with Gasteiger partial charge in [0.25, 0.3) is 0 Å². The van der Waals surface area contributed by atoms with Gasteiger partial charge in [0, 0.05) is 18.1 Å². The van der Waals surface area contributed by atoms with Gasteiger partial charge in [0.2, 0.25) is 0 Å². The van der Waals surface area contributed by atoms with E-state index in [-0.39, 0.29) is 19.0 Å². The minimum Gasteiger partial charge on any atom is -0.493 e. The van der Waals surface area contributed by atoms with Crippen molar-refractivity contribution in [2.75, 3.05) is 20.3 Å². The molecule has 0 heterocycles. The van der Waals surface area contributed by atoms with Crippen LogP contribution >= 0.6 is 35.6 Å². The van der Waals surface area contributed by atoms with Gasteiger partial charge in [0.15, 0.2) is 11.5 Å². The Morgan fingerprint density at radius 3 is 2.42 bits per heavy atom. The van der Waals surface area contributed by atoms with E-state index in [0.717, 1.165) is 11.1 Å². The van der Waals surface area contributed by atoms with Crippen molar-refractivity contribution in [3.05, 3.63) is 57.6 Å².